The van der Waals surface area contributed by atoms with Crippen molar-refractivity contribution in [3.63, 3.8) is 0 Å². The zero-order valence-corrected chi connectivity index (χ0v) is 15.3. The summed E-state index contributed by atoms with van der Waals surface area (Å²) in [5.41, 5.74) is 8.67. The Morgan fingerprint density at radius 2 is 1.91 bits per heavy atom. The molecule has 0 fully saturated rings. The van der Waals surface area contributed by atoms with Crippen molar-refractivity contribution in [1.29, 1.82) is 0 Å². The molecule has 0 spiro atoms. The Labute approximate surface area is 148 Å². The summed E-state index contributed by atoms with van der Waals surface area (Å²) < 4.78 is 1.06. The maximum atomic E-state index is 4.60. The number of nitrogens with zero attached hydrogens (tertiary/aromatic N) is 2. The van der Waals surface area contributed by atoms with Gasteiger partial charge in [-0.2, -0.15) is 5.10 Å². The molecule has 0 aliphatic carbocycles. The number of thiazole rings is 1. The zero-order valence-electron chi connectivity index (χ0n) is 12.9. The third-order valence-electron chi connectivity index (χ3n) is 3.41. The topological polar surface area (TPSA) is 37.3 Å². The van der Waals surface area contributed by atoms with Gasteiger partial charge >= 0.3 is 0 Å². The van der Waals surface area contributed by atoms with Crippen molar-refractivity contribution in [2.24, 2.45) is 5.10 Å². The molecule has 0 radical (unpaired) electrons. The smallest absolute Gasteiger partial charge is 0.203 e. The molecule has 1 aromatic heterocycles. The highest BCUT2D eigenvalue weighted by molar-refractivity contribution is 9.10. The molecule has 3 rings (SSSR count). The molecular formula is C18H16BrN3S. The number of nitrogens with one attached hydrogen (secondary N) is 1. The van der Waals surface area contributed by atoms with E-state index < -0.39 is 0 Å². The number of hydrogen-bond donors (Lipinski definition) is 1. The number of aromatic nitrogens is 1. The monoisotopic (exact) mass is 385 g/mol. The third kappa shape index (κ3) is 4.06. The van der Waals surface area contributed by atoms with Crippen LogP contribution in [0.1, 0.15) is 16.7 Å². The number of rotatable bonds is 4. The first kappa shape index (κ1) is 15.9. The van der Waals surface area contributed by atoms with E-state index in [2.05, 4.69) is 68.9 Å². The fourth-order valence-corrected chi connectivity index (χ4v) is 3.18. The highest BCUT2D eigenvalue weighted by Crippen LogP contribution is 2.27. The Bertz CT molecular complexity index is 838. The zero-order chi connectivity index (χ0) is 16.2. The van der Waals surface area contributed by atoms with Crippen LogP contribution >= 0.6 is 27.3 Å². The highest BCUT2D eigenvalue weighted by Gasteiger charge is 2.06. The van der Waals surface area contributed by atoms with Gasteiger partial charge in [0.1, 0.15) is 0 Å². The van der Waals surface area contributed by atoms with Crippen LogP contribution in [0, 0.1) is 13.8 Å². The molecule has 23 heavy (non-hydrogen) atoms. The lowest BCUT2D eigenvalue weighted by molar-refractivity contribution is 1.28. The van der Waals surface area contributed by atoms with Gasteiger partial charge in [-0.3, -0.25) is 5.43 Å². The fraction of sp³-hybridized carbons (Fsp3) is 0.111. The van der Waals surface area contributed by atoms with Crippen LogP contribution < -0.4 is 5.43 Å². The molecule has 116 valence electrons. The summed E-state index contributed by atoms with van der Waals surface area (Å²) >= 11 is 4.97. The second-order valence-electron chi connectivity index (χ2n) is 5.28. The minimum Gasteiger partial charge on any atom is -0.253 e. The van der Waals surface area contributed by atoms with Crippen LogP contribution in [0.2, 0.25) is 0 Å². The van der Waals surface area contributed by atoms with Gasteiger partial charge in [0.05, 0.1) is 11.9 Å². The predicted molar refractivity (Wildman–Crippen MR) is 102 cm³/mol. The normalized spacial score (nSPS) is 11.1. The molecule has 1 heterocycles. The van der Waals surface area contributed by atoms with Crippen molar-refractivity contribution < 1.29 is 0 Å². The molecule has 0 unspecified atom stereocenters. The van der Waals surface area contributed by atoms with E-state index in [9.17, 15) is 0 Å². The number of hydrazone groups is 1. The maximum absolute atomic E-state index is 4.60. The van der Waals surface area contributed by atoms with Gasteiger partial charge in [0.25, 0.3) is 0 Å². The van der Waals surface area contributed by atoms with Crippen LogP contribution in [0.15, 0.2) is 57.4 Å². The van der Waals surface area contributed by atoms with Gasteiger partial charge in [0.15, 0.2) is 0 Å². The van der Waals surface area contributed by atoms with Crippen molar-refractivity contribution in [3.05, 3.63) is 69.0 Å². The Balaban J connectivity index is 1.71. The highest BCUT2D eigenvalue weighted by atomic mass is 79.9. The molecule has 0 amide bonds. The van der Waals surface area contributed by atoms with Crippen LogP contribution in [0.5, 0.6) is 0 Å². The summed E-state index contributed by atoms with van der Waals surface area (Å²) in [6, 6.07) is 14.4. The minimum atomic E-state index is 0.785. The Kier molecular flexibility index (Phi) is 4.88. The van der Waals surface area contributed by atoms with Crippen LogP contribution in [-0.4, -0.2) is 11.2 Å². The predicted octanol–water partition coefficient (Wildman–Crippen LogP) is 5.64. The van der Waals surface area contributed by atoms with Gasteiger partial charge in [-0.05, 0) is 37.1 Å². The van der Waals surface area contributed by atoms with Crippen molar-refractivity contribution >= 4 is 38.6 Å². The standard InChI is InChI=1S/C18H16BrN3S/c1-12-3-8-16(13(2)9-12)17-11-23-18(21-17)22-20-10-14-4-6-15(19)7-5-14/h3-11H,1-2H3,(H,21,22)/b20-10-. The van der Waals surface area contributed by atoms with Crippen molar-refractivity contribution in [2.45, 2.75) is 13.8 Å². The number of hydrogen-bond acceptors (Lipinski definition) is 4. The fourth-order valence-electron chi connectivity index (χ4n) is 2.26. The Morgan fingerprint density at radius 3 is 2.65 bits per heavy atom. The third-order valence-corrected chi connectivity index (χ3v) is 4.68. The maximum Gasteiger partial charge on any atom is 0.203 e. The van der Waals surface area contributed by atoms with Crippen LogP contribution in [0.4, 0.5) is 5.13 Å². The average Bonchev–Trinajstić information content (AvgIpc) is 2.98. The van der Waals surface area contributed by atoms with Gasteiger partial charge in [-0.15, -0.1) is 11.3 Å². The first-order valence-electron chi connectivity index (χ1n) is 7.19. The van der Waals surface area contributed by atoms with Gasteiger partial charge < -0.3 is 0 Å². The van der Waals surface area contributed by atoms with E-state index in [0.29, 0.717) is 0 Å². The van der Waals surface area contributed by atoms with E-state index in [1.165, 1.54) is 11.1 Å². The average molecular weight is 386 g/mol. The molecule has 0 saturated carbocycles. The molecule has 3 nitrogen and oxygen atoms in total. The lowest BCUT2D eigenvalue weighted by atomic mass is 10.0. The molecule has 0 aliphatic heterocycles. The summed E-state index contributed by atoms with van der Waals surface area (Å²) in [6.45, 7) is 4.21. The van der Waals surface area contributed by atoms with Gasteiger partial charge in [-0.1, -0.05) is 51.8 Å². The largest absolute Gasteiger partial charge is 0.253 e. The Morgan fingerprint density at radius 1 is 1.13 bits per heavy atom. The second-order valence-corrected chi connectivity index (χ2v) is 7.05. The van der Waals surface area contributed by atoms with E-state index in [1.807, 2.05) is 24.3 Å². The van der Waals surface area contributed by atoms with Crippen LogP contribution in [-0.2, 0) is 0 Å². The minimum absolute atomic E-state index is 0.785. The first-order valence-corrected chi connectivity index (χ1v) is 8.87. The van der Waals surface area contributed by atoms with Crippen LogP contribution in [0.3, 0.4) is 0 Å². The van der Waals surface area contributed by atoms with Crippen LogP contribution in [0.25, 0.3) is 11.3 Å². The summed E-state index contributed by atoms with van der Waals surface area (Å²) in [7, 11) is 0. The molecule has 5 heteroatoms. The van der Waals surface area contributed by atoms with Gasteiger partial charge in [0, 0.05) is 15.4 Å². The molecule has 0 aliphatic rings. The molecule has 0 bridgehead atoms. The lowest BCUT2D eigenvalue weighted by Gasteiger charge is -2.03. The quantitative estimate of drug-likeness (QED) is 0.466. The summed E-state index contributed by atoms with van der Waals surface area (Å²) in [6.07, 6.45) is 1.78. The molecule has 0 saturated heterocycles. The molecule has 3 aromatic rings. The lowest BCUT2D eigenvalue weighted by Crippen LogP contribution is -1.90. The number of benzene rings is 2. The summed E-state index contributed by atoms with van der Waals surface area (Å²) in [4.78, 5) is 4.60. The van der Waals surface area contributed by atoms with Gasteiger partial charge in [-0.25, -0.2) is 4.98 Å². The van der Waals surface area contributed by atoms with E-state index >= 15 is 0 Å². The number of aryl methyl sites for hydroxylation is 2. The van der Waals surface area contributed by atoms with Gasteiger partial charge in [0.2, 0.25) is 5.13 Å². The molecule has 1 N–H and O–H groups in total. The SMILES string of the molecule is Cc1ccc(-c2csc(N/N=C\c3ccc(Br)cc3)n2)c(C)c1. The van der Waals surface area contributed by atoms with E-state index in [0.717, 1.165) is 26.4 Å². The van der Waals surface area contributed by atoms with E-state index in [4.69, 9.17) is 0 Å². The molecular weight excluding hydrogens is 370 g/mol. The molecule has 2 aromatic carbocycles. The summed E-state index contributed by atoms with van der Waals surface area (Å²) in [5.74, 6) is 0. The summed E-state index contributed by atoms with van der Waals surface area (Å²) in [5, 5.41) is 7.08. The second kappa shape index (κ2) is 7.06. The molecule has 0 atom stereocenters. The number of halogens is 1. The Hall–Kier alpha value is -1.98. The van der Waals surface area contributed by atoms with Crippen molar-refractivity contribution in [2.75, 3.05) is 5.43 Å². The van der Waals surface area contributed by atoms with E-state index in [-0.39, 0.29) is 0 Å². The van der Waals surface area contributed by atoms with E-state index in [1.54, 1.807) is 17.6 Å². The first-order chi connectivity index (χ1) is 11.1. The van der Waals surface area contributed by atoms with Crippen molar-refractivity contribution in [3.8, 4) is 11.3 Å². The van der Waals surface area contributed by atoms with Crippen molar-refractivity contribution in [1.82, 2.24) is 4.98 Å². The number of anilines is 1.